The molecule has 0 atom stereocenters. The highest BCUT2D eigenvalue weighted by atomic mass is 32.2. The number of rotatable bonds is 7. The maximum atomic E-state index is 13.0. The Morgan fingerprint density at radius 3 is 2.33 bits per heavy atom. The molecule has 1 amide bonds. The van der Waals surface area contributed by atoms with Crippen molar-refractivity contribution in [3.63, 3.8) is 0 Å². The predicted octanol–water partition coefficient (Wildman–Crippen LogP) is 3.94. The number of nitrogens with one attached hydrogen (secondary N) is 1. The van der Waals surface area contributed by atoms with Gasteiger partial charge in [-0.1, -0.05) is 32.1 Å². The molecule has 1 aliphatic carbocycles. The van der Waals surface area contributed by atoms with Crippen LogP contribution >= 0.6 is 0 Å². The van der Waals surface area contributed by atoms with Gasteiger partial charge in [0, 0.05) is 25.6 Å². The Balaban J connectivity index is 1.52. The van der Waals surface area contributed by atoms with E-state index in [1.54, 1.807) is 12.1 Å². The summed E-state index contributed by atoms with van der Waals surface area (Å²) in [5, 5.41) is 0. The van der Waals surface area contributed by atoms with Crippen LogP contribution in [0, 0.1) is 19.8 Å². The van der Waals surface area contributed by atoms with Crippen LogP contribution in [0.15, 0.2) is 17.0 Å². The number of likely N-dealkylation sites (tertiary alicyclic amines) is 1. The molecule has 30 heavy (non-hydrogen) atoms. The third-order valence-electron chi connectivity index (χ3n) is 6.73. The smallest absolute Gasteiger partial charge is 0.244 e. The third kappa shape index (κ3) is 5.76. The number of ether oxygens (including phenoxy) is 1. The van der Waals surface area contributed by atoms with Crippen molar-refractivity contribution in [2.45, 2.75) is 82.6 Å². The minimum Gasteiger partial charge on any atom is -0.495 e. The summed E-state index contributed by atoms with van der Waals surface area (Å²) >= 11 is 0. The van der Waals surface area contributed by atoms with Crippen LogP contribution in [0.5, 0.6) is 5.75 Å². The summed E-state index contributed by atoms with van der Waals surface area (Å²) in [4.78, 5) is 14.7. The normalized spacial score (nSPS) is 19.1. The SMILES string of the molecule is COc1cc(C)c(C)cc1S(=O)(=O)NC1CCN(C(=O)CCC2CCCCC2)CC1. The van der Waals surface area contributed by atoms with Crippen LogP contribution in [0.25, 0.3) is 0 Å². The summed E-state index contributed by atoms with van der Waals surface area (Å²) in [6.45, 7) is 5.05. The number of piperidine rings is 1. The number of carbonyl (C=O) groups excluding carboxylic acids is 1. The summed E-state index contributed by atoms with van der Waals surface area (Å²) in [6, 6.07) is 3.27. The summed E-state index contributed by atoms with van der Waals surface area (Å²) < 4.78 is 34.1. The van der Waals surface area contributed by atoms with E-state index in [1.165, 1.54) is 39.2 Å². The highest BCUT2D eigenvalue weighted by molar-refractivity contribution is 7.89. The van der Waals surface area contributed by atoms with Crippen LogP contribution in [-0.2, 0) is 14.8 Å². The molecule has 1 aromatic carbocycles. The Kier molecular flexibility index (Phi) is 7.80. The van der Waals surface area contributed by atoms with E-state index >= 15 is 0 Å². The minimum atomic E-state index is -3.68. The van der Waals surface area contributed by atoms with Gasteiger partial charge in [0.25, 0.3) is 0 Å². The molecule has 0 radical (unpaired) electrons. The molecule has 0 unspecified atom stereocenters. The minimum absolute atomic E-state index is 0.163. The molecule has 0 spiro atoms. The molecule has 2 aliphatic rings. The molecule has 1 heterocycles. The molecule has 2 fully saturated rings. The standard InChI is InChI=1S/C23H36N2O4S/c1-17-15-21(29-3)22(16-18(17)2)30(27,28)24-20-11-13-25(14-12-20)23(26)10-9-19-7-5-4-6-8-19/h15-16,19-20,24H,4-14H2,1-3H3. The quantitative estimate of drug-likeness (QED) is 0.702. The highest BCUT2D eigenvalue weighted by Crippen LogP contribution is 2.29. The lowest BCUT2D eigenvalue weighted by Gasteiger charge is -2.33. The first-order valence-electron chi connectivity index (χ1n) is 11.3. The molecule has 0 aromatic heterocycles. The van der Waals surface area contributed by atoms with Crippen LogP contribution in [-0.4, -0.2) is 45.5 Å². The summed E-state index contributed by atoms with van der Waals surface area (Å²) in [7, 11) is -2.20. The molecule has 1 aromatic rings. The van der Waals surface area contributed by atoms with E-state index in [9.17, 15) is 13.2 Å². The van der Waals surface area contributed by atoms with Gasteiger partial charge in [-0.15, -0.1) is 0 Å². The number of amides is 1. The summed E-state index contributed by atoms with van der Waals surface area (Å²) in [5.41, 5.74) is 1.90. The zero-order chi connectivity index (χ0) is 21.7. The first-order valence-corrected chi connectivity index (χ1v) is 12.7. The lowest BCUT2D eigenvalue weighted by atomic mass is 9.86. The number of nitrogens with zero attached hydrogens (tertiary/aromatic N) is 1. The second-order valence-corrected chi connectivity index (χ2v) is 10.6. The van der Waals surface area contributed by atoms with Crippen molar-refractivity contribution >= 4 is 15.9 Å². The van der Waals surface area contributed by atoms with Gasteiger partial charge in [-0.2, -0.15) is 0 Å². The van der Waals surface area contributed by atoms with Crippen LogP contribution in [0.3, 0.4) is 0 Å². The van der Waals surface area contributed by atoms with Gasteiger partial charge < -0.3 is 9.64 Å². The molecule has 1 saturated heterocycles. The number of carbonyl (C=O) groups is 1. The van der Waals surface area contributed by atoms with Crippen molar-refractivity contribution in [1.29, 1.82) is 0 Å². The van der Waals surface area contributed by atoms with Crippen molar-refractivity contribution < 1.29 is 17.9 Å². The number of hydrogen-bond acceptors (Lipinski definition) is 4. The van der Waals surface area contributed by atoms with Crippen LogP contribution in [0.4, 0.5) is 0 Å². The van der Waals surface area contributed by atoms with Crippen molar-refractivity contribution in [3.05, 3.63) is 23.3 Å². The van der Waals surface area contributed by atoms with E-state index in [2.05, 4.69) is 4.72 Å². The number of benzene rings is 1. The molecule has 7 heteroatoms. The molecule has 6 nitrogen and oxygen atoms in total. The van der Waals surface area contributed by atoms with Gasteiger partial charge >= 0.3 is 0 Å². The Labute approximate surface area is 181 Å². The zero-order valence-corrected chi connectivity index (χ0v) is 19.4. The van der Waals surface area contributed by atoms with Gasteiger partial charge in [-0.3, -0.25) is 4.79 Å². The monoisotopic (exact) mass is 436 g/mol. The fourth-order valence-corrected chi connectivity index (χ4v) is 6.16. The van der Waals surface area contributed by atoms with E-state index in [0.717, 1.165) is 17.5 Å². The third-order valence-corrected chi connectivity index (χ3v) is 8.27. The van der Waals surface area contributed by atoms with Crippen molar-refractivity contribution in [1.82, 2.24) is 9.62 Å². The van der Waals surface area contributed by atoms with Crippen molar-refractivity contribution in [2.75, 3.05) is 20.2 Å². The molecule has 1 saturated carbocycles. The maximum Gasteiger partial charge on any atom is 0.244 e. The fraction of sp³-hybridized carbons (Fsp3) is 0.696. The van der Waals surface area contributed by atoms with Crippen LogP contribution < -0.4 is 9.46 Å². The van der Waals surface area contributed by atoms with Gasteiger partial charge in [0.15, 0.2) is 0 Å². The van der Waals surface area contributed by atoms with E-state index in [-0.39, 0.29) is 16.8 Å². The Hall–Kier alpha value is -1.60. The van der Waals surface area contributed by atoms with E-state index in [4.69, 9.17) is 4.74 Å². The molecular weight excluding hydrogens is 400 g/mol. The van der Waals surface area contributed by atoms with Gasteiger partial charge in [0.1, 0.15) is 10.6 Å². The average Bonchev–Trinajstić information content (AvgIpc) is 2.74. The second-order valence-electron chi connectivity index (χ2n) is 8.91. The highest BCUT2D eigenvalue weighted by Gasteiger charge is 2.29. The topological polar surface area (TPSA) is 75.7 Å². The van der Waals surface area contributed by atoms with Gasteiger partial charge in [-0.05, 0) is 62.3 Å². The number of aryl methyl sites for hydroxylation is 2. The molecule has 1 N–H and O–H groups in total. The largest absolute Gasteiger partial charge is 0.495 e. The summed E-state index contributed by atoms with van der Waals surface area (Å²) in [5.74, 6) is 1.29. The lowest BCUT2D eigenvalue weighted by molar-refractivity contribution is -0.132. The lowest BCUT2D eigenvalue weighted by Crippen LogP contribution is -2.46. The van der Waals surface area contributed by atoms with Crippen molar-refractivity contribution in [3.8, 4) is 5.75 Å². The summed E-state index contributed by atoms with van der Waals surface area (Å²) in [6.07, 6.45) is 9.37. The van der Waals surface area contributed by atoms with E-state index in [1.807, 2.05) is 18.7 Å². The van der Waals surface area contributed by atoms with Gasteiger partial charge in [0.05, 0.1) is 7.11 Å². The fourth-order valence-electron chi connectivity index (χ4n) is 4.62. The van der Waals surface area contributed by atoms with Crippen LogP contribution in [0.1, 0.15) is 68.9 Å². The second kappa shape index (κ2) is 10.1. The number of hydrogen-bond donors (Lipinski definition) is 1. The Bertz CT molecular complexity index is 839. The van der Waals surface area contributed by atoms with Crippen molar-refractivity contribution in [2.24, 2.45) is 5.92 Å². The number of methoxy groups -OCH3 is 1. The Morgan fingerprint density at radius 1 is 1.07 bits per heavy atom. The van der Waals surface area contributed by atoms with E-state index in [0.29, 0.717) is 44.0 Å². The average molecular weight is 437 g/mol. The molecule has 3 rings (SSSR count). The first kappa shape index (κ1) is 23.1. The molecule has 168 valence electrons. The van der Waals surface area contributed by atoms with Crippen LogP contribution in [0.2, 0.25) is 0 Å². The molecular formula is C23H36N2O4S. The first-order chi connectivity index (χ1) is 14.3. The van der Waals surface area contributed by atoms with E-state index < -0.39 is 10.0 Å². The zero-order valence-electron chi connectivity index (χ0n) is 18.6. The van der Waals surface area contributed by atoms with Gasteiger partial charge in [0.2, 0.25) is 15.9 Å². The maximum absolute atomic E-state index is 13.0. The molecule has 1 aliphatic heterocycles. The van der Waals surface area contributed by atoms with Gasteiger partial charge in [-0.25, -0.2) is 13.1 Å². The Morgan fingerprint density at radius 2 is 1.70 bits per heavy atom. The number of sulfonamides is 1. The predicted molar refractivity (Wildman–Crippen MR) is 118 cm³/mol. The molecule has 0 bridgehead atoms.